The summed E-state index contributed by atoms with van der Waals surface area (Å²) in [6.45, 7) is 6.87. The predicted molar refractivity (Wildman–Crippen MR) is 89.3 cm³/mol. The van der Waals surface area contributed by atoms with Crippen LogP contribution >= 0.6 is 0 Å². The lowest BCUT2D eigenvalue weighted by Crippen LogP contribution is -2.51. The molecule has 8 nitrogen and oxygen atoms in total. The number of rotatable bonds is 5. The molecule has 3 rings (SSSR count). The van der Waals surface area contributed by atoms with Crippen LogP contribution in [0.15, 0.2) is 12.4 Å². The van der Waals surface area contributed by atoms with Crippen molar-refractivity contribution in [3.8, 4) is 0 Å². The number of amides is 1. The van der Waals surface area contributed by atoms with E-state index in [1.807, 2.05) is 43.7 Å². The Hall–Kier alpha value is -2.22. The molecule has 1 amide bonds. The molecule has 0 saturated heterocycles. The zero-order chi connectivity index (χ0) is 17.3. The smallest absolute Gasteiger partial charge is 0.227 e. The van der Waals surface area contributed by atoms with E-state index in [1.165, 1.54) is 0 Å². The Bertz CT molecular complexity index is 718. The summed E-state index contributed by atoms with van der Waals surface area (Å²) < 4.78 is 3.96. The molecule has 0 radical (unpaired) electrons. The minimum Gasteiger partial charge on any atom is -0.329 e. The molecule has 1 aliphatic rings. The highest BCUT2D eigenvalue weighted by Gasteiger charge is 2.32. The van der Waals surface area contributed by atoms with Gasteiger partial charge in [-0.15, -0.1) is 10.2 Å². The third-order valence-electron chi connectivity index (χ3n) is 4.42. The Morgan fingerprint density at radius 1 is 1.38 bits per heavy atom. The molecule has 8 heteroatoms. The first kappa shape index (κ1) is 16.6. The number of aromatic nitrogens is 5. The molecule has 0 bridgehead atoms. The second-order valence-corrected chi connectivity index (χ2v) is 6.59. The van der Waals surface area contributed by atoms with E-state index in [0.717, 1.165) is 36.8 Å². The minimum absolute atomic E-state index is 0.115. The van der Waals surface area contributed by atoms with Crippen LogP contribution in [0.1, 0.15) is 24.1 Å². The second-order valence-electron chi connectivity index (χ2n) is 6.59. The predicted octanol–water partition coefficient (Wildman–Crippen LogP) is 0.318. The fourth-order valence-corrected chi connectivity index (χ4v) is 3.19. The van der Waals surface area contributed by atoms with Crippen molar-refractivity contribution in [3.63, 3.8) is 0 Å². The summed E-state index contributed by atoms with van der Waals surface area (Å²) in [6.07, 6.45) is 4.09. The monoisotopic (exact) mass is 331 g/mol. The van der Waals surface area contributed by atoms with Crippen LogP contribution in [0.25, 0.3) is 0 Å². The number of hydrogen-bond donors (Lipinski definition) is 0. The number of nitrogens with zero attached hydrogens (tertiary/aromatic N) is 7. The molecule has 0 aromatic carbocycles. The van der Waals surface area contributed by atoms with Crippen LogP contribution in [0.4, 0.5) is 0 Å². The lowest BCUT2D eigenvalue weighted by molar-refractivity contribution is -0.135. The van der Waals surface area contributed by atoms with Crippen molar-refractivity contribution >= 4 is 5.91 Å². The maximum Gasteiger partial charge on any atom is 0.227 e. The normalized spacial score (nSPS) is 17.4. The summed E-state index contributed by atoms with van der Waals surface area (Å²) in [5.74, 6) is 1.88. The summed E-state index contributed by atoms with van der Waals surface area (Å²) in [6, 6.07) is 0.121. The number of carbonyl (C=O) groups excluding carboxylic acids is 1. The van der Waals surface area contributed by atoms with Gasteiger partial charge in [0.1, 0.15) is 5.82 Å². The summed E-state index contributed by atoms with van der Waals surface area (Å²) in [7, 11) is 4.06. The molecule has 0 saturated carbocycles. The van der Waals surface area contributed by atoms with Crippen molar-refractivity contribution in [2.75, 3.05) is 20.6 Å². The Labute approximate surface area is 142 Å². The highest BCUT2D eigenvalue weighted by Crippen LogP contribution is 2.19. The van der Waals surface area contributed by atoms with E-state index in [1.54, 1.807) is 6.20 Å². The minimum atomic E-state index is 0.115. The summed E-state index contributed by atoms with van der Waals surface area (Å²) in [5, 5.41) is 12.6. The molecule has 1 atom stereocenters. The Balaban J connectivity index is 1.78. The summed E-state index contributed by atoms with van der Waals surface area (Å²) >= 11 is 0. The highest BCUT2D eigenvalue weighted by molar-refractivity contribution is 5.79. The number of hydrogen-bond acceptors (Lipinski definition) is 5. The lowest BCUT2D eigenvalue weighted by atomic mass is 10.1. The third-order valence-corrected chi connectivity index (χ3v) is 4.42. The van der Waals surface area contributed by atoms with E-state index < -0.39 is 0 Å². The van der Waals surface area contributed by atoms with Crippen molar-refractivity contribution in [2.45, 2.75) is 45.9 Å². The Kier molecular flexibility index (Phi) is 4.66. The molecule has 2 aromatic heterocycles. The average Bonchev–Trinajstić information content (AvgIpc) is 3.13. The first-order valence-corrected chi connectivity index (χ1v) is 8.32. The lowest BCUT2D eigenvalue weighted by Gasteiger charge is -2.37. The van der Waals surface area contributed by atoms with E-state index in [2.05, 4.69) is 24.8 Å². The Morgan fingerprint density at radius 3 is 2.83 bits per heavy atom. The van der Waals surface area contributed by atoms with Gasteiger partial charge < -0.3 is 14.4 Å². The summed E-state index contributed by atoms with van der Waals surface area (Å²) in [5.41, 5.74) is 0.952. The van der Waals surface area contributed by atoms with Gasteiger partial charge in [-0.25, -0.2) is 0 Å². The molecular formula is C16H25N7O. The van der Waals surface area contributed by atoms with Crippen molar-refractivity contribution in [1.29, 1.82) is 0 Å². The molecule has 0 N–H and O–H groups in total. The van der Waals surface area contributed by atoms with Crippen LogP contribution in [-0.2, 0) is 30.8 Å². The first-order valence-electron chi connectivity index (χ1n) is 8.32. The van der Waals surface area contributed by atoms with Gasteiger partial charge in [-0.05, 0) is 33.5 Å². The highest BCUT2D eigenvalue weighted by atomic mass is 16.2. The van der Waals surface area contributed by atoms with E-state index >= 15 is 0 Å². The standard InChI is InChI=1S/C16H25N7O/c1-5-21-8-13(7-17-21)6-16(24)23-11-15-19-18-12(2)22(15)10-14(23)9-20(3)4/h7-8,14H,5-6,9-11H2,1-4H3. The topological polar surface area (TPSA) is 72.1 Å². The van der Waals surface area contributed by atoms with Crippen LogP contribution in [0.2, 0.25) is 0 Å². The molecule has 0 aliphatic carbocycles. The van der Waals surface area contributed by atoms with E-state index in [4.69, 9.17) is 0 Å². The van der Waals surface area contributed by atoms with Crippen LogP contribution in [0.5, 0.6) is 0 Å². The quantitative estimate of drug-likeness (QED) is 0.789. The molecule has 2 aromatic rings. The fourth-order valence-electron chi connectivity index (χ4n) is 3.19. The Morgan fingerprint density at radius 2 is 2.17 bits per heavy atom. The SMILES string of the molecule is CCn1cc(CC(=O)N2Cc3nnc(C)n3CC2CN(C)C)cn1. The molecule has 3 heterocycles. The molecule has 24 heavy (non-hydrogen) atoms. The van der Waals surface area contributed by atoms with Gasteiger partial charge in [0.15, 0.2) is 5.82 Å². The van der Waals surface area contributed by atoms with Crippen molar-refractivity contribution in [3.05, 3.63) is 29.6 Å². The zero-order valence-corrected chi connectivity index (χ0v) is 14.8. The van der Waals surface area contributed by atoms with Crippen LogP contribution in [-0.4, -0.2) is 66.9 Å². The van der Waals surface area contributed by atoms with Gasteiger partial charge in [0, 0.05) is 25.8 Å². The van der Waals surface area contributed by atoms with Crippen LogP contribution in [0, 0.1) is 6.92 Å². The summed E-state index contributed by atoms with van der Waals surface area (Å²) in [4.78, 5) is 16.9. The second kappa shape index (κ2) is 6.72. The zero-order valence-electron chi connectivity index (χ0n) is 14.8. The van der Waals surface area contributed by atoms with E-state index in [9.17, 15) is 4.79 Å². The number of aryl methyl sites for hydroxylation is 2. The van der Waals surface area contributed by atoms with Gasteiger partial charge in [0.25, 0.3) is 0 Å². The fraction of sp³-hybridized carbons (Fsp3) is 0.625. The van der Waals surface area contributed by atoms with Crippen LogP contribution < -0.4 is 0 Å². The number of carbonyl (C=O) groups is 1. The number of fused-ring (bicyclic) bond motifs is 1. The van der Waals surface area contributed by atoms with Crippen molar-refractivity contribution in [1.82, 2.24) is 34.3 Å². The van der Waals surface area contributed by atoms with Gasteiger partial charge in [-0.2, -0.15) is 5.10 Å². The molecule has 0 fully saturated rings. The van der Waals surface area contributed by atoms with Crippen LogP contribution in [0.3, 0.4) is 0 Å². The molecule has 130 valence electrons. The van der Waals surface area contributed by atoms with Gasteiger partial charge in [0.05, 0.1) is 25.2 Å². The maximum absolute atomic E-state index is 12.9. The van der Waals surface area contributed by atoms with Gasteiger partial charge in [0.2, 0.25) is 5.91 Å². The molecule has 1 unspecified atom stereocenters. The van der Waals surface area contributed by atoms with Gasteiger partial charge in [-0.3, -0.25) is 9.48 Å². The average molecular weight is 331 g/mol. The largest absolute Gasteiger partial charge is 0.329 e. The van der Waals surface area contributed by atoms with E-state index in [-0.39, 0.29) is 11.9 Å². The maximum atomic E-state index is 12.9. The molecular weight excluding hydrogens is 306 g/mol. The molecule has 1 aliphatic heterocycles. The van der Waals surface area contributed by atoms with Gasteiger partial charge >= 0.3 is 0 Å². The van der Waals surface area contributed by atoms with Crippen molar-refractivity contribution < 1.29 is 4.79 Å². The van der Waals surface area contributed by atoms with E-state index in [0.29, 0.717) is 13.0 Å². The number of likely N-dealkylation sites (N-methyl/N-ethyl adjacent to an activating group) is 1. The van der Waals surface area contributed by atoms with Gasteiger partial charge in [-0.1, -0.05) is 0 Å². The molecule has 0 spiro atoms. The third kappa shape index (κ3) is 3.33. The van der Waals surface area contributed by atoms with Crippen molar-refractivity contribution in [2.24, 2.45) is 0 Å². The first-order chi connectivity index (χ1) is 11.5.